The molecule has 2 saturated heterocycles. The quantitative estimate of drug-likeness (QED) is 0.566. The molecule has 1 amide bonds. The summed E-state index contributed by atoms with van der Waals surface area (Å²) in [4.78, 5) is 17.1. The molecule has 2 aliphatic rings. The highest BCUT2D eigenvalue weighted by atomic mass is 32.2. The number of thioether (sulfide) groups is 1. The number of benzene rings is 1. The van der Waals surface area contributed by atoms with Gasteiger partial charge in [0, 0.05) is 18.8 Å². The van der Waals surface area contributed by atoms with Gasteiger partial charge in [-0.25, -0.2) is 8.42 Å². The Hall–Kier alpha value is -1.91. The lowest BCUT2D eigenvalue weighted by atomic mass is 10.1. The Bertz CT molecular complexity index is 1040. The Morgan fingerprint density at radius 1 is 1.19 bits per heavy atom. The summed E-state index contributed by atoms with van der Waals surface area (Å²) in [7, 11) is -1.34. The fourth-order valence-corrected chi connectivity index (χ4v) is 7.15. The van der Waals surface area contributed by atoms with E-state index < -0.39 is 15.1 Å². The molecule has 2 atom stereocenters. The van der Waals surface area contributed by atoms with Crippen LogP contribution in [0.1, 0.15) is 38.4 Å². The van der Waals surface area contributed by atoms with Crippen LogP contribution < -0.4 is 0 Å². The van der Waals surface area contributed by atoms with Crippen molar-refractivity contribution in [3.63, 3.8) is 0 Å². The Labute approximate surface area is 194 Å². The predicted molar refractivity (Wildman–Crippen MR) is 126 cm³/mol. The van der Waals surface area contributed by atoms with Gasteiger partial charge in [-0.2, -0.15) is 0 Å². The van der Waals surface area contributed by atoms with Crippen molar-refractivity contribution in [2.45, 2.75) is 55.6 Å². The van der Waals surface area contributed by atoms with Crippen molar-refractivity contribution in [2.24, 2.45) is 0 Å². The molecule has 0 aliphatic carbocycles. The van der Waals surface area contributed by atoms with Gasteiger partial charge >= 0.3 is 0 Å². The second kappa shape index (κ2) is 9.93. The third kappa shape index (κ3) is 5.35. The van der Waals surface area contributed by atoms with E-state index in [1.165, 1.54) is 31.0 Å². The molecule has 0 radical (unpaired) electrons. The van der Waals surface area contributed by atoms with Crippen molar-refractivity contribution in [1.82, 2.24) is 24.6 Å². The first-order chi connectivity index (χ1) is 15.3. The number of para-hydroxylation sites is 1. The zero-order valence-electron chi connectivity index (χ0n) is 18.7. The summed E-state index contributed by atoms with van der Waals surface area (Å²) in [5.74, 6) is 0.985. The van der Waals surface area contributed by atoms with Crippen LogP contribution in [0.15, 0.2) is 35.5 Å². The lowest BCUT2D eigenvalue weighted by Crippen LogP contribution is -2.41. The molecule has 3 heterocycles. The highest BCUT2D eigenvalue weighted by Gasteiger charge is 2.34. The van der Waals surface area contributed by atoms with Gasteiger partial charge in [0.15, 0.2) is 20.8 Å². The molecule has 0 saturated carbocycles. The maximum Gasteiger partial charge on any atom is 0.235 e. The average Bonchev–Trinajstić information content (AvgIpc) is 3.36. The molecule has 2 aromatic rings. The van der Waals surface area contributed by atoms with E-state index in [-0.39, 0.29) is 23.5 Å². The molecule has 32 heavy (non-hydrogen) atoms. The zero-order chi connectivity index (χ0) is 22.7. The Morgan fingerprint density at radius 2 is 1.91 bits per heavy atom. The van der Waals surface area contributed by atoms with E-state index in [9.17, 15) is 13.2 Å². The lowest BCUT2D eigenvalue weighted by molar-refractivity contribution is -0.130. The number of carbonyl (C=O) groups excluding carboxylic acids is 1. The number of aromatic nitrogens is 3. The fourth-order valence-electron chi connectivity index (χ4n) is 4.39. The van der Waals surface area contributed by atoms with E-state index in [1.807, 2.05) is 41.8 Å². The number of likely N-dealkylation sites (tertiary alicyclic amines) is 1. The summed E-state index contributed by atoms with van der Waals surface area (Å²) in [5.41, 5.74) is 0.974. The summed E-state index contributed by atoms with van der Waals surface area (Å²) in [6.07, 6.45) is 4.19. The number of sulfone groups is 1. The van der Waals surface area contributed by atoms with Gasteiger partial charge in [0.25, 0.3) is 0 Å². The van der Waals surface area contributed by atoms with E-state index >= 15 is 0 Å². The summed E-state index contributed by atoms with van der Waals surface area (Å²) in [5, 5.41) is 9.20. The minimum atomic E-state index is -3.04. The third-order valence-corrected chi connectivity index (χ3v) is 9.04. The van der Waals surface area contributed by atoms with Crippen molar-refractivity contribution >= 4 is 27.5 Å². The van der Waals surface area contributed by atoms with Crippen LogP contribution in [0.25, 0.3) is 5.69 Å². The number of carbonyl (C=O) groups is 1. The largest absolute Gasteiger partial charge is 0.341 e. The van der Waals surface area contributed by atoms with Gasteiger partial charge in [-0.15, -0.1) is 10.2 Å². The molecular weight excluding hydrogens is 446 g/mol. The molecule has 1 aromatic heterocycles. The molecule has 2 unspecified atom stereocenters. The SMILES string of the molecule is CC(Sc1nnc(CN2CCCCC2)n1-c1ccccc1)C(=O)N(C)C1CCS(=O)(=O)C1. The summed E-state index contributed by atoms with van der Waals surface area (Å²) < 4.78 is 25.7. The monoisotopic (exact) mass is 477 g/mol. The van der Waals surface area contributed by atoms with Crippen molar-refractivity contribution in [1.29, 1.82) is 0 Å². The van der Waals surface area contributed by atoms with E-state index in [0.29, 0.717) is 11.6 Å². The smallest absolute Gasteiger partial charge is 0.235 e. The van der Waals surface area contributed by atoms with Crippen molar-refractivity contribution in [3.8, 4) is 5.69 Å². The molecule has 2 aliphatic heterocycles. The van der Waals surface area contributed by atoms with Gasteiger partial charge in [-0.1, -0.05) is 36.4 Å². The lowest BCUT2D eigenvalue weighted by Gasteiger charge is -2.27. The zero-order valence-corrected chi connectivity index (χ0v) is 20.3. The van der Waals surface area contributed by atoms with Crippen molar-refractivity contribution < 1.29 is 13.2 Å². The van der Waals surface area contributed by atoms with Gasteiger partial charge in [0.05, 0.1) is 23.3 Å². The van der Waals surface area contributed by atoms with Gasteiger partial charge in [-0.3, -0.25) is 14.3 Å². The maximum atomic E-state index is 13.1. The standard InChI is InChI=1S/C22H31N5O3S2/c1-17(21(28)25(2)19-11-14-32(29,30)16-19)31-22-24-23-20(15-26-12-7-4-8-13-26)27(22)18-9-5-3-6-10-18/h3,5-6,9-10,17,19H,4,7-8,11-16H2,1-2H3. The number of hydrogen-bond donors (Lipinski definition) is 0. The molecule has 0 bridgehead atoms. The second-order valence-electron chi connectivity index (χ2n) is 8.67. The topological polar surface area (TPSA) is 88.4 Å². The molecule has 174 valence electrons. The highest BCUT2D eigenvalue weighted by molar-refractivity contribution is 8.00. The number of rotatable bonds is 7. The minimum Gasteiger partial charge on any atom is -0.341 e. The van der Waals surface area contributed by atoms with Crippen LogP contribution in [-0.2, 0) is 21.2 Å². The highest BCUT2D eigenvalue weighted by Crippen LogP contribution is 2.28. The van der Waals surface area contributed by atoms with Gasteiger partial charge < -0.3 is 4.90 Å². The van der Waals surface area contributed by atoms with E-state index in [2.05, 4.69) is 15.1 Å². The molecule has 0 N–H and O–H groups in total. The van der Waals surface area contributed by atoms with Crippen LogP contribution in [0.4, 0.5) is 0 Å². The van der Waals surface area contributed by atoms with Crippen molar-refractivity contribution in [3.05, 3.63) is 36.2 Å². The summed E-state index contributed by atoms with van der Waals surface area (Å²) in [6, 6.07) is 9.73. The molecule has 2 fully saturated rings. The average molecular weight is 478 g/mol. The van der Waals surface area contributed by atoms with Gasteiger partial charge in [-0.05, 0) is 51.4 Å². The Morgan fingerprint density at radius 3 is 2.56 bits per heavy atom. The second-order valence-corrected chi connectivity index (χ2v) is 12.2. The maximum absolute atomic E-state index is 13.1. The van der Waals surface area contributed by atoms with E-state index in [4.69, 9.17) is 0 Å². The first-order valence-electron chi connectivity index (χ1n) is 11.2. The number of nitrogens with zero attached hydrogens (tertiary/aromatic N) is 5. The molecular formula is C22H31N5O3S2. The van der Waals surface area contributed by atoms with E-state index in [0.717, 1.165) is 31.1 Å². The first kappa shape index (κ1) is 23.3. The van der Waals surface area contributed by atoms with Crippen LogP contribution in [0.5, 0.6) is 0 Å². The van der Waals surface area contributed by atoms with Gasteiger partial charge in [0.2, 0.25) is 5.91 Å². The van der Waals surface area contributed by atoms with Crippen LogP contribution in [-0.4, -0.2) is 81.8 Å². The predicted octanol–water partition coefficient (Wildman–Crippen LogP) is 2.38. The molecule has 1 aromatic carbocycles. The van der Waals surface area contributed by atoms with Crippen LogP contribution >= 0.6 is 11.8 Å². The van der Waals surface area contributed by atoms with Crippen LogP contribution in [0.2, 0.25) is 0 Å². The Kier molecular flexibility index (Phi) is 7.21. The first-order valence-corrected chi connectivity index (χ1v) is 13.9. The summed E-state index contributed by atoms with van der Waals surface area (Å²) >= 11 is 1.37. The minimum absolute atomic E-state index is 0.0484. The van der Waals surface area contributed by atoms with Crippen LogP contribution in [0.3, 0.4) is 0 Å². The molecule has 4 rings (SSSR count). The summed E-state index contributed by atoms with van der Waals surface area (Å²) in [6.45, 7) is 4.70. The molecule has 0 spiro atoms. The fraction of sp³-hybridized carbons (Fsp3) is 0.591. The van der Waals surface area contributed by atoms with E-state index in [1.54, 1.807) is 11.9 Å². The Balaban J connectivity index is 1.53. The number of hydrogen-bond acceptors (Lipinski definition) is 7. The third-order valence-electron chi connectivity index (χ3n) is 6.26. The van der Waals surface area contributed by atoms with Crippen LogP contribution in [0, 0.1) is 0 Å². The normalized spacial score (nSPS) is 22.0. The molecule has 10 heteroatoms. The number of piperidine rings is 1. The van der Waals surface area contributed by atoms with Gasteiger partial charge in [0.1, 0.15) is 0 Å². The molecule has 8 nitrogen and oxygen atoms in total. The van der Waals surface area contributed by atoms with Crippen molar-refractivity contribution in [2.75, 3.05) is 31.6 Å². The number of amides is 1.